The number of urea groups is 1. The molecule has 1 aliphatic heterocycles. The lowest BCUT2D eigenvalue weighted by atomic mass is 10.1. The van der Waals surface area contributed by atoms with Crippen molar-refractivity contribution < 1.29 is 13.9 Å². The molecule has 2 fully saturated rings. The maximum atomic E-state index is 13.5. The van der Waals surface area contributed by atoms with Gasteiger partial charge in [0.05, 0.1) is 31.1 Å². The van der Waals surface area contributed by atoms with Gasteiger partial charge in [0.2, 0.25) is 0 Å². The van der Waals surface area contributed by atoms with Crippen LogP contribution in [-0.4, -0.2) is 41.7 Å². The standard InChI is InChI=1S/C13H16FN3O2/c14-10-7-15-4-3-11(10)16-13(18)17-5-6-19-8-12(17)9-1-2-9/h3-4,7,9,12H,1-2,5-6,8H2,(H,15,16,18)/t12-/m1/s1. The number of hydrogen-bond acceptors (Lipinski definition) is 3. The maximum Gasteiger partial charge on any atom is 0.322 e. The fraction of sp³-hybridized carbons (Fsp3) is 0.538. The van der Waals surface area contributed by atoms with Gasteiger partial charge in [-0.1, -0.05) is 0 Å². The molecule has 0 unspecified atom stereocenters. The molecule has 1 saturated carbocycles. The fourth-order valence-electron chi connectivity index (χ4n) is 2.41. The quantitative estimate of drug-likeness (QED) is 0.888. The second-order valence-electron chi connectivity index (χ2n) is 4.96. The fourth-order valence-corrected chi connectivity index (χ4v) is 2.41. The van der Waals surface area contributed by atoms with Crippen LogP contribution >= 0.6 is 0 Å². The first kappa shape index (κ1) is 12.3. The average Bonchev–Trinajstić information content (AvgIpc) is 3.26. The van der Waals surface area contributed by atoms with Crippen LogP contribution in [0.1, 0.15) is 12.8 Å². The monoisotopic (exact) mass is 265 g/mol. The van der Waals surface area contributed by atoms with Gasteiger partial charge in [0.25, 0.3) is 0 Å². The topological polar surface area (TPSA) is 54.5 Å². The number of rotatable bonds is 2. The van der Waals surface area contributed by atoms with E-state index in [1.165, 1.54) is 12.3 Å². The summed E-state index contributed by atoms with van der Waals surface area (Å²) in [5.74, 6) is 0.0143. The minimum absolute atomic E-state index is 0.124. The normalized spacial score (nSPS) is 23.2. The molecule has 5 nitrogen and oxygen atoms in total. The Balaban J connectivity index is 1.70. The Hall–Kier alpha value is -1.69. The third-order valence-electron chi connectivity index (χ3n) is 3.61. The zero-order valence-corrected chi connectivity index (χ0v) is 10.5. The van der Waals surface area contributed by atoms with Crippen molar-refractivity contribution in [3.8, 4) is 0 Å². The van der Waals surface area contributed by atoms with Gasteiger partial charge in [-0.2, -0.15) is 0 Å². The van der Waals surface area contributed by atoms with Gasteiger partial charge in [-0.3, -0.25) is 4.98 Å². The van der Waals surface area contributed by atoms with Gasteiger partial charge in [0.15, 0.2) is 5.82 Å². The highest BCUT2D eigenvalue weighted by atomic mass is 19.1. The van der Waals surface area contributed by atoms with Crippen molar-refractivity contribution in [2.24, 2.45) is 5.92 Å². The lowest BCUT2D eigenvalue weighted by Gasteiger charge is -2.35. The van der Waals surface area contributed by atoms with Crippen LogP contribution in [0.15, 0.2) is 18.5 Å². The van der Waals surface area contributed by atoms with E-state index >= 15 is 0 Å². The van der Waals surface area contributed by atoms with E-state index in [0.29, 0.717) is 25.7 Å². The lowest BCUT2D eigenvalue weighted by molar-refractivity contribution is 0.00771. The Morgan fingerprint density at radius 2 is 2.37 bits per heavy atom. The number of carbonyl (C=O) groups is 1. The first-order valence-electron chi connectivity index (χ1n) is 6.50. The van der Waals surface area contributed by atoms with Crippen LogP contribution in [0.5, 0.6) is 0 Å². The van der Waals surface area contributed by atoms with Crippen LogP contribution < -0.4 is 5.32 Å². The first-order valence-corrected chi connectivity index (χ1v) is 6.50. The van der Waals surface area contributed by atoms with E-state index in [1.807, 2.05) is 0 Å². The van der Waals surface area contributed by atoms with Crippen LogP contribution in [0.3, 0.4) is 0 Å². The number of amides is 2. The molecule has 0 aromatic carbocycles. The Morgan fingerprint density at radius 3 is 3.11 bits per heavy atom. The Bertz CT molecular complexity index is 479. The number of anilines is 1. The molecule has 0 radical (unpaired) electrons. The molecule has 19 heavy (non-hydrogen) atoms. The zero-order chi connectivity index (χ0) is 13.2. The summed E-state index contributed by atoms with van der Waals surface area (Å²) < 4.78 is 18.9. The molecule has 1 N–H and O–H groups in total. The van der Waals surface area contributed by atoms with Gasteiger partial charge in [0.1, 0.15) is 0 Å². The van der Waals surface area contributed by atoms with Gasteiger partial charge in [0, 0.05) is 12.7 Å². The molecule has 2 amide bonds. The number of ether oxygens (including phenoxy) is 1. The second kappa shape index (κ2) is 5.13. The molecule has 1 aromatic rings. The average molecular weight is 265 g/mol. The van der Waals surface area contributed by atoms with Gasteiger partial charge in [-0.25, -0.2) is 9.18 Å². The number of halogens is 1. The second-order valence-corrected chi connectivity index (χ2v) is 4.96. The van der Waals surface area contributed by atoms with Crippen LogP contribution in [0, 0.1) is 11.7 Å². The molecule has 0 bridgehead atoms. The number of hydrogen-bond donors (Lipinski definition) is 1. The largest absolute Gasteiger partial charge is 0.377 e. The molecule has 2 aliphatic rings. The van der Waals surface area contributed by atoms with Crippen LogP contribution in [0.2, 0.25) is 0 Å². The first-order chi connectivity index (χ1) is 9.25. The van der Waals surface area contributed by atoms with E-state index in [1.54, 1.807) is 4.90 Å². The molecular weight excluding hydrogens is 249 g/mol. The molecule has 102 valence electrons. The predicted molar refractivity (Wildman–Crippen MR) is 67.3 cm³/mol. The van der Waals surface area contributed by atoms with Crippen molar-refractivity contribution in [3.05, 3.63) is 24.3 Å². The molecular formula is C13H16FN3O2. The number of morpholine rings is 1. The van der Waals surface area contributed by atoms with Crippen molar-refractivity contribution in [1.29, 1.82) is 0 Å². The summed E-state index contributed by atoms with van der Waals surface area (Å²) in [4.78, 5) is 17.7. The van der Waals surface area contributed by atoms with Gasteiger partial charge in [-0.05, 0) is 24.8 Å². The lowest BCUT2D eigenvalue weighted by Crippen LogP contribution is -2.51. The summed E-state index contributed by atoms with van der Waals surface area (Å²) in [6, 6.07) is 1.32. The molecule has 6 heteroatoms. The molecule has 1 saturated heterocycles. The molecule has 2 heterocycles. The van der Waals surface area contributed by atoms with Crippen LogP contribution in [-0.2, 0) is 4.74 Å². The van der Waals surface area contributed by atoms with Crippen LogP contribution in [0.25, 0.3) is 0 Å². The van der Waals surface area contributed by atoms with E-state index in [4.69, 9.17) is 4.74 Å². The number of nitrogens with one attached hydrogen (secondary N) is 1. The van der Waals surface area contributed by atoms with Crippen molar-refractivity contribution in [1.82, 2.24) is 9.88 Å². The van der Waals surface area contributed by atoms with Gasteiger partial charge >= 0.3 is 6.03 Å². The van der Waals surface area contributed by atoms with E-state index in [-0.39, 0.29) is 17.8 Å². The number of aromatic nitrogens is 1. The third-order valence-corrected chi connectivity index (χ3v) is 3.61. The van der Waals surface area contributed by atoms with E-state index < -0.39 is 5.82 Å². The highest BCUT2D eigenvalue weighted by Gasteiger charge is 2.39. The highest BCUT2D eigenvalue weighted by Crippen LogP contribution is 2.36. The van der Waals surface area contributed by atoms with E-state index in [2.05, 4.69) is 10.3 Å². The summed E-state index contributed by atoms with van der Waals surface area (Å²) in [5, 5.41) is 2.61. The van der Waals surface area contributed by atoms with Crippen molar-refractivity contribution in [3.63, 3.8) is 0 Å². The van der Waals surface area contributed by atoms with Crippen molar-refractivity contribution in [2.75, 3.05) is 25.1 Å². The zero-order valence-electron chi connectivity index (χ0n) is 10.5. The third kappa shape index (κ3) is 2.68. The summed E-state index contributed by atoms with van der Waals surface area (Å²) in [6.07, 6.45) is 4.83. The summed E-state index contributed by atoms with van der Waals surface area (Å²) in [5.41, 5.74) is 0.168. The summed E-state index contributed by atoms with van der Waals surface area (Å²) >= 11 is 0. The van der Waals surface area contributed by atoms with Crippen LogP contribution in [0.4, 0.5) is 14.9 Å². The maximum absolute atomic E-state index is 13.5. The summed E-state index contributed by atoms with van der Waals surface area (Å²) in [6.45, 7) is 1.67. The number of carbonyl (C=O) groups excluding carboxylic acids is 1. The molecule has 1 aromatic heterocycles. The molecule has 1 atom stereocenters. The summed E-state index contributed by atoms with van der Waals surface area (Å²) in [7, 11) is 0. The molecule has 1 aliphatic carbocycles. The Kier molecular flexibility index (Phi) is 3.33. The molecule has 0 spiro atoms. The smallest absolute Gasteiger partial charge is 0.322 e. The van der Waals surface area contributed by atoms with E-state index in [0.717, 1.165) is 19.0 Å². The number of pyridine rings is 1. The van der Waals surface area contributed by atoms with Gasteiger partial charge < -0.3 is 15.0 Å². The number of nitrogens with zero attached hydrogens (tertiary/aromatic N) is 2. The van der Waals surface area contributed by atoms with E-state index in [9.17, 15) is 9.18 Å². The Morgan fingerprint density at radius 1 is 1.53 bits per heavy atom. The Labute approximate surface area is 110 Å². The highest BCUT2D eigenvalue weighted by molar-refractivity contribution is 5.89. The van der Waals surface area contributed by atoms with Gasteiger partial charge in [-0.15, -0.1) is 0 Å². The van der Waals surface area contributed by atoms with Crippen molar-refractivity contribution >= 4 is 11.7 Å². The minimum atomic E-state index is -0.521. The SMILES string of the molecule is O=C(Nc1ccncc1F)N1CCOC[C@@H]1C1CC1. The minimum Gasteiger partial charge on any atom is -0.377 e. The van der Waals surface area contributed by atoms with Crippen molar-refractivity contribution in [2.45, 2.75) is 18.9 Å². The molecule has 3 rings (SSSR count). The predicted octanol–water partition coefficient (Wildman–Crippen LogP) is 1.86.